The molecule has 0 radical (unpaired) electrons. The third-order valence-electron chi connectivity index (χ3n) is 6.26. The van der Waals surface area contributed by atoms with Gasteiger partial charge >= 0.3 is 0 Å². The van der Waals surface area contributed by atoms with Gasteiger partial charge in [0.05, 0.1) is 20.3 Å². The molecular weight excluding hydrogens is 366 g/mol. The van der Waals surface area contributed by atoms with Crippen LogP contribution in [0.25, 0.3) is 11.8 Å². The SMILES string of the molecule is CCCC[C@H]1c2c(ccc(OC)c2OC)C=C2c3cc4c(cc3CCN21)OCO4. The van der Waals surface area contributed by atoms with E-state index in [0.717, 1.165) is 42.4 Å². The number of hydrogen-bond acceptors (Lipinski definition) is 5. The third-order valence-corrected chi connectivity index (χ3v) is 6.26. The third kappa shape index (κ3) is 2.83. The van der Waals surface area contributed by atoms with E-state index < -0.39 is 0 Å². The van der Waals surface area contributed by atoms with E-state index in [-0.39, 0.29) is 6.04 Å². The highest BCUT2D eigenvalue weighted by atomic mass is 16.7. The van der Waals surface area contributed by atoms with Gasteiger partial charge in [-0.1, -0.05) is 25.8 Å². The molecule has 1 atom stereocenters. The smallest absolute Gasteiger partial charge is 0.231 e. The van der Waals surface area contributed by atoms with E-state index in [9.17, 15) is 0 Å². The fourth-order valence-electron chi connectivity index (χ4n) is 4.87. The Balaban J connectivity index is 1.68. The van der Waals surface area contributed by atoms with Gasteiger partial charge in [0.2, 0.25) is 6.79 Å². The van der Waals surface area contributed by atoms with Crippen LogP contribution >= 0.6 is 0 Å². The number of methoxy groups -OCH3 is 2. The average molecular weight is 393 g/mol. The van der Waals surface area contributed by atoms with Gasteiger partial charge in [-0.15, -0.1) is 0 Å². The van der Waals surface area contributed by atoms with Crippen molar-refractivity contribution in [3.05, 3.63) is 46.5 Å². The zero-order valence-electron chi connectivity index (χ0n) is 17.3. The van der Waals surface area contributed by atoms with Gasteiger partial charge in [0.25, 0.3) is 0 Å². The monoisotopic (exact) mass is 393 g/mol. The molecule has 152 valence electrons. The fourth-order valence-corrected chi connectivity index (χ4v) is 4.87. The second kappa shape index (κ2) is 7.21. The molecule has 0 aromatic heterocycles. The van der Waals surface area contributed by atoms with Crippen molar-refractivity contribution >= 4 is 11.8 Å². The van der Waals surface area contributed by atoms with Crippen LogP contribution in [-0.4, -0.2) is 32.5 Å². The van der Waals surface area contributed by atoms with Crippen LogP contribution in [0, 0.1) is 0 Å². The molecule has 0 saturated heterocycles. The quantitative estimate of drug-likeness (QED) is 0.712. The minimum Gasteiger partial charge on any atom is -0.493 e. The molecule has 0 saturated carbocycles. The number of benzene rings is 2. The molecule has 2 aromatic rings. The van der Waals surface area contributed by atoms with Crippen LogP contribution in [0.1, 0.15) is 54.5 Å². The van der Waals surface area contributed by atoms with E-state index >= 15 is 0 Å². The lowest BCUT2D eigenvalue weighted by Crippen LogP contribution is -2.35. The van der Waals surface area contributed by atoms with Crippen molar-refractivity contribution in [2.24, 2.45) is 0 Å². The second-order valence-corrected chi connectivity index (χ2v) is 7.80. The van der Waals surface area contributed by atoms with Crippen LogP contribution in [-0.2, 0) is 6.42 Å². The molecule has 5 nitrogen and oxygen atoms in total. The number of fused-ring (bicyclic) bond motifs is 5. The predicted molar refractivity (Wildman–Crippen MR) is 113 cm³/mol. The molecule has 0 unspecified atom stereocenters. The molecule has 29 heavy (non-hydrogen) atoms. The largest absolute Gasteiger partial charge is 0.493 e. The molecule has 5 rings (SSSR count). The van der Waals surface area contributed by atoms with Gasteiger partial charge in [-0.2, -0.15) is 0 Å². The molecular formula is C24H27NO4. The van der Waals surface area contributed by atoms with Gasteiger partial charge in [0.1, 0.15) is 0 Å². The Labute approximate surface area is 171 Å². The van der Waals surface area contributed by atoms with Crippen molar-refractivity contribution in [3.63, 3.8) is 0 Å². The Morgan fingerprint density at radius 1 is 1.10 bits per heavy atom. The van der Waals surface area contributed by atoms with Crippen molar-refractivity contribution in [3.8, 4) is 23.0 Å². The lowest BCUT2D eigenvalue weighted by Gasteiger charge is -2.43. The zero-order valence-corrected chi connectivity index (χ0v) is 17.3. The van der Waals surface area contributed by atoms with Crippen LogP contribution in [0.4, 0.5) is 0 Å². The maximum Gasteiger partial charge on any atom is 0.231 e. The van der Waals surface area contributed by atoms with Crippen molar-refractivity contribution in [2.75, 3.05) is 27.6 Å². The summed E-state index contributed by atoms with van der Waals surface area (Å²) in [5, 5.41) is 0. The van der Waals surface area contributed by atoms with E-state index in [0.29, 0.717) is 6.79 Å². The summed E-state index contributed by atoms with van der Waals surface area (Å²) in [5.74, 6) is 3.36. The molecule has 0 N–H and O–H groups in total. The van der Waals surface area contributed by atoms with E-state index in [1.54, 1.807) is 14.2 Å². The van der Waals surface area contributed by atoms with E-state index in [2.05, 4.69) is 36.1 Å². The number of nitrogens with zero attached hydrogens (tertiary/aromatic N) is 1. The summed E-state index contributed by atoms with van der Waals surface area (Å²) in [6, 6.07) is 8.74. The van der Waals surface area contributed by atoms with Gasteiger partial charge in [-0.05, 0) is 48.2 Å². The minimum absolute atomic E-state index is 0.272. The summed E-state index contributed by atoms with van der Waals surface area (Å²) < 4.78 is 22.7. The highest BCUT2D eigenvalue weighted by Gasteiger charge is 2.36. The fraction of sp³-hybridized carbons (Fsp3) is 0.417. The molecule has 3 heterocycles. The number of ether oxygens (including phenoxy) is 4. The summed E-state index contributed by atoms with van der Waals surface area (Å²) >= 11 is 0. The Kier molecular flexibility index (Phi) is 4.53. The van der Waals surface area contributed by atoms with Crippen LogP contribution in [0.3, 0.4) is 0 Å². The second-order valence-electron chi connectivity index (χ2n) is 7.80. The number of rotatable bonds is 5. The zero-order chi connectivity index (χ0) is 20.0. The predicted octanol–water partition coefficient (Wildman–Crippen LogP) is 5.03. The maximum atomic E-state index is 5.84. The lowest BCUT2D eigenvalue weighted by atomic mass is 9.84. The molecule has 0 spiro atoms. The first kappa shape index (κ1) is 18.2. The summed E-state index contributed by atoms with van der Waals surface area (Å²) in [6.45, 7) is 3.53. The van der Waals surface area contributed by atoms with Gasteiger partial charge < -0.3 is 23.8 Å². The molecule has 3 aliphatic rings. The van der Waals surface area contributed by atoms with Crippen molar-refractivity contribution in [2.45, 2.75) is 38.6 Å². The van der Waals surface area contributed by atoms with E-state index in [4.69, 9.17) is 18.9 Å². The summed E-state index contributed by atoms with van der Waals surface area (Å²) in [5.41, 5.74) is 6.30. The molecule has 0 bridgehead atoms. The minimum atomic E-state index is 0.272. The Morgan fingerprint density at radius 2 is 1.93 bits per heavy atom. The van der Waals surface area contributed by atoms with Gasteiger partial charge in [-0.25, -0.2) is 0 Å². The van der Waals surface area contributed by atoms with E-state index in [1.807, 2.05) is 6.07 Å². The standard InChI is InChI=1S/C24H27NO4/c1-4-5-6-18-23-16(7-8-20(26-2)24(23)27-3)11-19-17-13-22-21(28-14-29-22)12-15(17)9-10-25(18)19/h7-8,11-13,18H,4-6,9-10,14H2,1-3H3/t18-/m0/s1. The maximum absolute atomic E-state index is 5.84. The topological polar surface area (TPSA) is 40.2 Å². The van der Waals surface area contributed by atoms with Crippen molar-refractivity contribution in [1.29, 1.82) is 0 Å². The molecule has 0 aliphatic carbocycles. The van der Waals surface area contributed by atoms with E-state index in [1.165, 1.54) is 40.8 Å². The van der Waals surface area contributed by atoms with Crippen LogP contribution in [0.15, 0.2) is 24.3 Å². The Bertz CT molecular complexity index is 981. The lowest BCUT2D eigenvalue weighted by molar-refractivity contribution is 0.174. The van der Waals surface area contributed by atoms with Crippen LogP contribution in [0.2, 0.25) is 0 Å². The molecule has 2 aromatic carbocycles. The van der Waals surface area contributed by atoms with Crippen LogP contribution in [0.5, 0.6) is 23.0 Å². The summed E-state index contributed by atoms with van der Waals surface area (Å²) in [7, 11) is 3.44. The molecule has 0 fully saturated rings. The number of hydrogen-bond donors (Lipinski definition) is 0. The molecule has 5 heteroatoms. The van der Waals surface area contributed by atoms with Gasteiger partial charge in [0, 0.05) is 23.4 Å². The highest BCUT2D eigenvalue weighted by molar-refractivity contribution is 5.88. The summed E-state index contributed by atoms with van der Waals surface area (Å²) in [6.07, 6.45) is 6.71. The summed E-state index contributed by atoms with van der Waals surface area (Å²) in [4.78, 5) is 2.55. The molecule has 3 aliphatic heterocycles. The van der Waals surface area contributed by atoms with Crippen molar-refractivity contribution < 1.29 is 18.9 Å². The van der Waals surface area contributed by atoms with Crippen molar-refractivity contribution in [1.82, 2.24) is 4.90 Å². The Hall–Kier alpha value is -2.82. The first-order valence-corrected chi connectivity index (χ1v) is 10.4. The number of unbranched alkanes of at least 4 members (excludes halogenated alkanes) is 1. The van der Waals surface area contributed by atoms with Gasteiger partial charge in [0.15, 0.2) is 23.0 Å². The highest BCUT2D eigenvalue weighted by Crippen LogP contribution is 2.51. The first-order valence-electron chi connectivity index (χ1n) is 10.4. The Morgan fingerprint density at radius 3 is 2.69 bits per heavy atom. The van der Waals surface area contributed by atoms with Crippen LogP contribution < -0.4 is 18.9 Å². The average Bonchev–Trinajstić information content (AvgIpc) is 3.21. The van der Waals surface area contributed by atoms with Gasteiger partial charge in [-0.3, -0.25) is 0 Å². The first-order chi connectivity index (χ1) is 14.2. The normalized spacial score (nSPS) is 18.5. The molecule has 0 amide bonds.